The summed E-state index contributed by atoms with van der Waals surface area (Å²) in [7, 11) is -3.78. The lowest BCUT2D eigenvalue weighted by molar-refractivity contribution is 0.101. The number of halogens is 1. The number of sulfonamides is 1. The minimum absolute atomic E-state index is 0.130. The van der Waals surface area contributed by atoms with Gasteiger partial charge in [-0.1, -0.05) is 23.7 Å². The maximum absolute atomic E-state index is 12.4. The fourth-order valence-corrected chi connectivity index (χ4v) is 3.53. The largest absolute Gasteiger partial charge is 0.294 e. The van der Waals surface area contributed by atoms with E-state index < -0.39 is 10.0 Å². The van der Waals surface area contributed by atoms with E-state index in [9.17, 15) is 13.2 Å². The highest BCUT2D eigenvalue weighted by molar-refractivity contribution is 7.92. The summed E-state index contributed by atoms with van der Waals surface area (Å²) in [6, 6.07) is 11.0. The van der Waals surface area contributed by atoms with Crippen molar-refractivity contribution in [3.05, 3.63) is 58.6 Å². The topological polar surface area (TPSA) is 63.2 Å². The van der Waals surface area contributed by atoms with Gasteiger partial charge in [-0.25, -0.2) is 8.42 Å². The van der Waals surface area contributed by atoms with Crippen LogP contribution in [0.4, 0.5) is 5.69 Å². The number of ketones is 1. The lowest BCUT2D eigenvalue weighted by Gasteiger charge is -2.12. The van der Waals surface area contributed by atoms with E-state index in [2.05, 4.69) is 4.72 Å². The Balaban J connectivity index is 2.45. The second-order valence-corrected chi connectivity index (χ2v) is 6.70. The number of carbonyl (C=O) groups is 1. The third-order valence-electron chi connectivity index (χ3n) is 2.98. The van der Waals surface area contributed by atoms with E-state index in [1.807, 2.05) is 0 Å². The van der Waals surface area contributed by atoms with E-state index in [0.29, 0.717) is 16.1 Å². The van der Waals surface area contributed by atoms with Gasteiger partial charge in [0.25, 0.3) is 10.0 Å². The fourth-order valence-electron chi connectivity index (χ4n) is 1.99. The monoisotopic (exact) mass is 323 g/mol. The molecule has 1 N–H and O–H groups in total. The standard InChI is InChI=1S/C15H14ClNO3S/c1-10-9-12(16)7-8-15(10)21(19,20)17-14-6-4-3-5-13(14)11(2)18/h3-9,17H,1-2H3. The Hall–Kier alpha value is -1.85. The maximum atomic E-state index is 12.4. The first-order valence-electron chi connectivity index (χ1n) is 6.20. The summed E-state index contributed by atoms with van der Waals surface area (Å²) < 4.78 is 27.3. The van der Waals surface area contributed by atoms with Gasteiger partial charge < -0.3 is 0 Å². The van der Waals surface area contributed by atoms with Crippen molar-refractivity contribution in [2.45, 2.75) is 18.7 Å². The average molecular weight is 324 g/mol. The van der Waals surface area contributed by atoms with Crippen molar-refractivity contribution in [3.63, 3.8) is 0 Å². The molecule has 0 heterocycles. The zero-order chi connectivity index (χ0) is 15.6. The van der Waals surface area contributed by atoms with Crippen LogP contribution in [0.5, 0.6) is 0 Å². The Labute approximate surface area is 128 Å². The molecule has 6 heteroatoms. The zero-order valence-electron chi connectivity index (χ0n) is 11.6. The quantitative estimate of drug-likeness (QED) is 0.873. The fraction of sp³-hybridized carbons (Fsp3) is 0.133. The summed E-state index contributed by atoms with van der Waals surface area (Å²) in [4.78, 5) is 11.7. The number of hydrogen-bond donors (Lipinski definition) is 1. The summed E-state index contributed by atoms with van der Waals surface area (Å²) in [6.07, 6.45) is 0. The molecule has 0 saturated heterocycles. The predicted molar refractivity (Wildman–Crippen MR) is 83.4 cm³/mol. The van der Waals surface area contributed by atoms with Gasteiger partial charge in [-0.05, 0) is 49.7 Å². The van der Waals surface area contributed by atoms with Crippen LogP contribution in [0.2, 0.25) is 5.02 Å². The van der Waals surface area contributed by atoms with E-state index in [1.54, 1.807) is 37.3 Å². The Morgan fingerprint density at radius 2 is 1.81 bits per heavy atom. The van der Waals surface area contributed by atoms with Crippen molar-refractivity contribution in [2.24, 2.45) is 0 Å². The van der Waals surface area contributed by atoms with Crippen molar-refractivity contribution < 1.29 is 13.2 Å². The van der Waals surface area contributed by atoms with Gasteiger partial charge in [-0.2, -0.15) is 0 Å². The molecule has 2 rings (SSSR count). The molecule has 110 valence electrons. The van der Waals surface area contributed by atoms with Crippen molar-refractivity contribution in [3.8, 4) is 0 Å². The molecule has 0 aromatic heterocycles. The molecule has 0 bridgehead atoms. The molecule has 4 nitrogen and oxygen atoms in total. The minimum atomic E-state index is -3.78. The van der Waals surface area contributed by atoms with Crippen molar-refractivity contribution >= 4 is 33.1 Å². The van der Waals surface area contributed by atoms with Crippen LogP contribution in [0.1, 0.15) is 22.8 Å². The van der Waals surface area contributed by atoms with Crippen LogP contribution < -0.4 is 4.72 Å². The number of para-hydroxylation sites is 1. The van der Waals surface area contributed by atoms with Gasteiger partial charge in [-0.3, -0.25) is 9.52 Å². The molecule has 0 amide bonds. The molecule has 0 aliphatic carbocycles. The molecule has 2 aromatic rings. The van der Waals surface area contributed by atoms with Crippen LogP contribution in [0, 0.1) is 6.92 Å². The van der Waals surface area contributed by atoms with E-state index >= 15 is 0 Å². The van der Waals surface area contributed by atoms with Crippen LogP contribution in [-0.2, 0) is 10.0 Å². The maximum Gasteiger partial charge on any atom is 0.262 e. The molecule has 0 radical (unpaired) electrons. The summed E-state index contributed by atoms with van der Waals surface area (Å²) >= 11 is 5.83. The van der Waals surface area contributed by atoms with Gasteiger partial charge in [0.1, 0.15) is 0 Å². The van der Waals surface area contributed by atoms with E-state index in [-0.39, 0.29) is 16.4 Å². The third kappa shape index (κ3) is 3.43. The molecular formula is C15H14ClNO3S. The Morgan fingerprint density at radius 1 is 1.14 bits per heavy atom. The number of benzene rings is 2. The average Bonchev–Trinajstić information content (AvgIpc) is 2.37. The second kappa shape index (κ2) is 5.87. The third-order valence-corrected chi connectivity index (χ3v) is 4.74. The Bertz CT molecular complexity index is 800. The van der Waals surface area contributed by atoms with E-state index in [1.165, 1.54) is 19.1 Å². The van der Waals surface area contributed by atoms with Crippen LogP contribution in [0.3, 0.4) is 0 Å². The predicted octanol–water partition coefficient (Wildman–Crippen LogP) is 3.65. The number of nitrogens with one attached hydrogen (secondary N) is 1. The molecule has 0 unspecified atom stereocenters. The highest BCUT2D eigenvalue weighted by Crippen LogP contribution is 2.24. The van der Waals surface area contributed by atoms with Gasteiger partial charge in [0.15, 0.2) is 5.78 Å². The number of carbonyl (C=O) groups excluding carboxylic acids is 1. The van der Waals surface area contributed by atoms with Crippen LogP contribution >= 0.6 is 11.6 Å². The first-order valence-corrected chi connectivity index (χ1v) is 8.06. The molecule has 0 aliphatic heterocycles. The van der Waals surface area contributed by atoms with Crippen LogP contribution in [0.25, 0.3) is 0 Å². The van der Waals surface area contributed by atoms with Gasteiger partial charge in [-0.15, -0.1) is 0 Å². The van der Waals surface area contributed by atoms with Crippen LogP contribution in [-0.4, -0.2) is 14.2 Å². The van der Waals surface area contributed by atoms with E-state index in [4.69, 9.17) is 11.6 Å². The normalized spacial score (nSPS) is 11.2. The molecule has 0 atom stereocenters. The number of Topliss-reactive ketones (excluding diaryl/α,β-unsaturated/α-hetero) is 1. The number of hydrogen-bond acceptors (Lipinski definition) is 3. The van der Waals surface area contributed by atoms with Gasteiger partial charge in [0.2, 0.25) is 0 Å². The summed E-state index contributed by atoms with van der Waals surface area (Å²) in [5.41, 5.74) is 1.13. The lowest BCUT2D eigenvalue weighted by Crippen LogP contribution is -2.16. The molecule has 2 aromatic carbocycles. The molecule has 0 spiro atoms. The van der Waals surface area contributed by atoms with Gasteiger partial charge in [0.05, 0.1) is 10.6 Å². The summed E-state index contributed by atoms with van der Waals surface area (Å²) in [6.45, 7) is 3.05. The second-order valence-electron chi connectivity index (χ2n) is 4.62. The molecule has 21 heavy (non-hydrogen) atoms. The zero-order valence-corrected chi connectivity index (χ0v) is 13.1. The van der Waals surface area contributed by atoms with Crippen molar-refractivity contribution in [2.75, 3.05) is 4.72 Å². The smallest absolute Gasteiger partial charge is 0.262 e. The lowest BCUT2D eigenvalue weighted by atomic mass is 10.1. The van der Waals surface area contributed by atoms with Gasteiger partial charge >= 0.3 is 0 Å². The SMILES string of the molecule is CC(=O)c1ccccc1NS(=O)(=O)c1ccc(Cl)cc1C. The number of aryl methyl sites for hydroxylation is 1. The van der Waals surface area contributed by atoms with Crippen LogP contribution in [0.15, 0.2) is 47.4 Å². The summed E-state index contributed by atoms with van der Waals surface area (Å²) in [5, 5.41) is 0.468. The molecule has 0 fully saturated rings. The highest BCUT2D eigenvalue weighted by Gasteiger charge is 2.19. The number of anilines is 1. The molecular weight excluding hydrogens is 310 g/mol. The first-order chi connectivity index (χ1) is 9.81. The van der Waals surface area contributed by atoms with Crippen molar-refractivity contribution in [1.82, 2.24) is 0 Å². The number of rotatable bonds is 4. The molecule has 0 saturated carbocycles. The first kappa shape index (κ1) is 15.5. The summed E-state index contributed by atoms with van der Waals surface area (Å²) in [5.74, 6) is -0.207. The van der Waals surface area contributed by atoms with E-state index in [0.717, 1.165) is 0 Å². The Morgan fingerprint density at radius 3 is 2.43 bits per heavy atom. The van der Waals surface area contributed by atoms with Crippen molar-refractivity contribution in [1.29, 1.82) is 0 Å². The Kier molecular flexibility index (Phi) is 4.34. The minimum Gasteiger partial charge on any atom is -0.294 e. The molecule has 0 aliphatic rings. The highest BCUT2D eigenvalue weighted by atomic mass is 35.5. The van der Waals surface area contributed by atoms with Gasteiger partial charge in [0, 0.05) is 10.6 Å².